The Morgan fingerprint density at radius 1 is 1.21 bits per heavy atom. The molecule has 28 heavy (non-hydrogen) atoms. The highest BCUT2D eigenvalue weighted by Gasteiger charge is 2.32. The number of carbonyl (C=O) groups is 1. The van der Waals surface area contributed by atoms with Gasteiger partial charge in [0.25, 0.3) is 0 Å². The maximum absolute atomic E-state index is 12.6. The number of anilines is 2. The van der Waals surface area contributed by atoms with E-state index in [9.17, 15) is 18.0 Å². The van der Waals surface area contributed by atoms with Gasteiger partial charge < -0.3 is 4.74 Å². The van der Waals surface area contributed by atoms with Gasteiger partial charge in [0, 0.05) is 11.3 Å². The Kier molecular flexibility index (Phi) is 5.59. The molecule has 3 rings (SSSR count). The van der Waals surface area contributed by atoms with Crippen LogP contribution in [0.3, 0.4) is 0 Å². The van der Waals surface area contributed by atoms with Crippen LogP contribution < -0.4 is 15.2 Å². The van der Waals surface area contributed by atoms with E-state index < -0.39 is 12.1 Å². The van der Waals surface area contributed by atoms with E-state index in [0.717, 1.165) is 26.8 Å². The second-order valence-electron chi connectivity index (χ2n) is 5.69. The van der Waals surface area contributed by atoms with Gasteiger partial charge in [0.1, 0.15) is 11.4 Å². The van der Waals surface area contributed by atoms with Crippen molar-refractivity contribution < 1.29 is 22.7 Å². The third-order valence-corrected chi connectivity index (χ3v) is 4.68. The minimum atomic E-state index is -4.88. The number of H-pyrrole nitrogens is 1. The zero-order valence-corrected chi connectivity index (χ0v) is 16.0. The first-order valence-corrected chi connectivity index (χ1v) is 8.74. The average molecular weight is 455 g/mol. The molecule has 0 fully saturated rings. The molecule has 0 saturated heterocycles. The van der Waals surface area contributed by atoms with Gasteiger partial charge in [-0.2, -0.15) is 5.10 Å². The van der Waals surface area contributed by atoms with Crippen LogP contribution in [-0.2, 0) is 4.79 Å². The highest BCUT2D eigenvalue weighted by Crippen LogP contribution is 2.33. The van der Waals surface area contributed by atoms with Crippen molar-refractivity contribution in [3.63, 3.8) is 0 Å². The van der Waals surface area contributed by atoms with E-state index in [4.69, 9.17) is 0 Å². The number of hydrogen-bond donors (Lipinski definition) is 2. The predicted molar refractivity (Wildman–Crippen MR) is 102 cm³/mol. The summed E-state index contributed by atoms with van der Waals surface area (Å²) >= 11 is 3.45. The summed E-state index contributed by atoms with van der Waals surface area (Å²) in [5.41, 5.74) is 5.41. The molecule has 1 amide bonds. The Labute approximate surface area is 166 Å². The molecule has 1 heterocycles. The second-order valence-corrected chi connectivity index (χ2v) is 6.49. The molecule has 0 atom stereocenters. The Hall–Kier alpha value is -3.01. The number of nitrogens with zero attached hydrogens (tertiary/aromatic N) is 2. The Morgan fingerprint density at radius 2 is 1.96 bits per heavy atom. The van der Waals surface area contributed by atoms with Gasteiger partial charge in [0.05, 0.1) is 10.2 Å². The fraction of sp³-hybridized carbons (Fsp3) is 0.111. The van der Waals surface area contributed by atoms with Crippen LogP contribution in [0.25, 0.3) is 11.3 Å². The number of hydrogen-bond acceptors (Lipinski definition) is 4. The summed E-state index contributed by atoms with van der Waals surface area (Å²) in [6.45, 7) is 1.86. The fourth-order valence-corrected chi connectivity index (χ4v) is 2.90. The van der Waals surface area contributed by atoms with Crippen molar-refractivity contribution in [3.8, 4) is 17.0 Å². The van der Waals surface area contributed by atoms with E-state index in [1.165, 1.54) is 18.2 Å². The lowest BCUT2D eigenvalue weighted by molar-refractivity contribution is -0.274. The summed E-state index contributed by atoms with van der Waals surface area (Å²) in [4.78, 5) is 11.5. The zero-order valence-electron chi connectivity index (χ0n) is 14.4. The SMILES string of the molecule is Cc1[nH]nc(-c2cccc(NN(C=O)c3ccccc3OC(F)(F)F)c2)c1Br. The van der Waals surface area contributed by atoms with Gasteiger partial charge in [0.15, 0.2) is 5.75 Å². The number of aromatic nitrogens is 2. The average Bonchev–Trinajstić information content (AvgIpc) is 2.98. The summed E-state index contributed by atoms with van der Waals surface area (Å²) in [6.07, 6.45) is -4.52. The van der Waals surface area contributed by atoms with Crippen LogP contribution in [0.2, 0.25) is 0 Å². The topological polar surface area (TPSA) is 70.2 Å². The maximum atomic E-state index is 12.6. The normalized spacial score (nSPS) is 11.2. The molecule has 10 heteroatoms. The number of halogens is 4. The number of nitrogens with one attached hydrogen (secondary N) is 2. The molecule has 6 nitrogen and oxygen atoms in total. The van der Waals surface area contributed by atoms with Gasteiger partial charge in [-0.25, -0.2) is 5.01 Å². The first kappa shape index (κ1) is 19.7. The number of hydrazine groups is 1. The summed E-state index contributed by atoms with van der Waals surface area (Å²) < 4.78 is 42.7. The first-order chi connectivity index (χ1) is 13.3. The summed E-state index contributed by atoms with van der Waals surface area (Å²) in [5.74, 6) is -0.503. The molecule has 0 aliphatic heterocycles. The van der Waals surface area contributed by atoms with Crippen molar-refractivity contribution in [1.82, 2.24) is 10.2 Å². The molecule has 1 aromatic heterocycles. The van der Waals surface area contributed by atoms with Gasteiger partial charge >= 0.3 is 6.36 Å². The molecule has 0 radical (unpaired) electrons. The van der Waals surface area contributed by atoms with E-state index in [-0.39, 0.29) is 5.69 Å². The fourth-order valence-electron chi connectivity index (χ4n) is 2.49. The molecule has 2 aromatic carbocycles. The molecule has 0 aliphatic carbocycles. The molecule has 2 N–H and O–H groups in total. The van der Waals surface area contributed by atoms with Crippen LogP contribution in [0.5, 0.6) is 5.75 Å². The van der Waals surface area contributed by atoms with Gasteiger partial charge in [-0.1, -0.05) is 24.3 Å². The lowest BCUT2D eigenvalue weighted by Gasteiger charge is -2.23. The van der Waals surface area contributed by atoms with E-state index in [1.54, 1.807) is 18.2 Å². The second kappa shape index (κ2) is 7.93. The van der Waals surface area contributed by atoms with Crippen LogP contribution >= 0.6 is 15.9 Å². The summed E-state index contributed by atoms with van der Waals surface area (Å²) in [5, 5.41) is 7.97. The number of rotatable bonds is 6. The van der Waals surface area contributed by atoms with E-state index >= 15 is 0 Å². The predicted octanol–water partition coefficient (Wildman–Crippen LogP) is 5.04. The van der Waals surface area contributed by atoms with Gasteiger partial charge in [-0.15, -0.1) is 13.2 Å². The Balaban J connectivity index is 1.90. The maximum Gasteiger partial charge on any atom is 0.573 e. The molecule has 146 valence electrons. The molecule has 0 unspecified atom stereocenters. The third kappa shape index (κ3) is 4.45. The number of aryl methyl sites for hydroxylation is 1. The molecule has 0 bridgehead atoms. The van der Waals surface area contributed by atoms with Crippen LogP contribution in [0.4, 0.5) is 24.5 Å². The Morgan fingerprint density at radius 3 is 2.61 bits per heavy atom. The quantitative estimate of drug-likeness (QED) is 0.404. The van der Waals surface area contributed by atoms with Crippen molar-refractivity contribution in [2.75, 3.05) is 10.4 Å². The molecule has 3 aromatic rings. The van der Waals surface area contributed by atoms with Crippen LogP contribution in [0.15, 0.2) is 53.0 Å². The number of ether oxygens (including phenoxy) is 1. The molecular formula is C18H14BrF3N4O2. The molecular weight excluding hydrogens is 441 g/mol. The number of carbonyl (C=O) groups excluding carboxylic acids is 1. The lowest BCUT2D eigenvalue weighted by Crippen LogP contribution is -2.29. The van der Waals surface area contributed by atoms with Crippen molar-refractivity contribution >= 4 is 33.7 Å². The smallest absolute Gasteiger partial charge is 0.403 e. The van der Waals surface area contributed by atoms with Crippen LogP contribution in [0.1, 0.15) is 5.69 Å². The van der Waals surface area contributed by atoms with Gasteiger partial charge in [-0.3, -0.25) is 15.3 Å². The van der Waals surface area contributed by atoms with Crippen LogP contribution in [-0.4, -0.2) is 23.0 Å². The summed E-state index contributed by atoms with van der Waals surface area (Å²) in [7, 11) is 0. The number of alkyl halides is 3. The van der Waals surface area contributed by atoms with Crippen molar-refractivity contribution in [2.45, 2.75) is 13.3 Å². The van der Waals surface area contributed by atoms with Crippen molar-refractivity contribution in [2.24, 2.45) is 0 Å². The molecule has 0 saturated carbocycles. The first-order valence-electron chi connectivity index (χ1n) is 7.95. The van der Waals surface area contributed by atoms with E-state index in [2.05, 4.69) is 36.3 Å². The van der Waals surface area contributed by atoms with Gasteiger partial charge in [-0.05, 0) is 47.1 Å². The van der Waals surface area contributed by atoms with E-state index in [1.807, 2.05) is 13.0 Å². The molecule has 0 spiro atoms. The third-order valence-electron chi connectivity index (χ3n) is 3.71. The zero-order chi connectivity index (χ0) is 20.3. The highest BCUT2D eigenvalue weighted by atomic mass is 79.9. The minimum absolute atomic E-state index is 0.0861. The number of amides is 1. The monoisotopic (exact) mass is 454 g/mol. The van der Waals surface area contributed by atoms with Gasteiger partial charge in [0.2, 0.25) is 6.41 Å². The van der Waals surface area contributed by atoms with Crippen molar-refractivity contribution in [3.05, 3.63) is 58.7 Å². The van der Waals surface area contributed by atoms with Crippen molar-refractivity contribution in [1.29, 1.82) is 0 Å². The van der Waals surface area contributed by atoms with Crippen LogP contribution in [0, 0.1) is 6.92 Å². The number of benzene rings is 2. The minimum Gasteiger partial charge on any atom is -0.403 e. The largest absolute Gasteiger partial charge is 0.573 e. The number of para-hydroxylation sites is 2. The number of aromatic amines is 1. The Bertz CT molecular complexity index is 991. The lowest BCUT2D eigenvalue weighted by atomic mass is 10.1. The standard InChI is InChI=1S/C18H14BrF3N4O2/c1-11-16(19)17(24-23-11)12-5-4-6-13(9-12)25-26(10-27)14-7-2-3-8-15(14)28-18(20,21)22/h2-10,25H,1H3,(H,23,24). The summed E-state index contributed by atoms with van der Waals surface area (Å²) in [6, 6.07) is 12.3. The highest BCUT2D eigenvalue weighted by molar-refractivity contribution is 9.10. The van der Waals surface area contributed by atoms with E-state index in [0.29, 0.717) is 17.8 Å². The molecule has 0 aliphatic rings.